The van der Waals surface area contributed by atoms with Crippen LogP contribution in [0.5, 0.6) is 0 Å². The zero-order valence-electron chi connectivity index (χ0n) is 5.94. The van der Waals surface area contributed by atoms with Gasteiger partial charge in [-0.05, 0) is 22.0 Å². The molecule has 70 valence electrons. The molecular weight excluding hydrogens is 302 g/mol. The van der Waals surface area contributed by atoms with E-state index >= 15 is 0 Å². The minimum absolute atomic E-state index is 0.00463. The Balaban J connectivity index is 3.53. The Kier molecular flexibility index (Phi) is 3.46. The predicted molar refractivity (Wildman–Crippen MR) is 56.1 cm³/mol. The zero-order chi connectivity index (χ0) is 10.2. The fraction of sp³-hybridized carbons (Fsp3) is 0. The fourth-order valence-electron chi connectivity index (χ4n) is 0.762. The van der Waals surface area contributed by atoms with Crippen molar-refractivity contribution < 1.29 is 9.90 Å². The number of hydrogen-bond donors (Lipinski definition) is 1. The molecule has 0 radical (unpaired) electrons. The van der Waals surface area contributed by atoms with Crippen molar-refractivity contribution in [2.45, 2.75) is 0 Å². The van der Waals surface area contributed by atoms with Crippen LogP contribution < -0.4 is 0 Å². The number of aromatic carboxylic acids is 1. The summed E-state index contributed by atoms with van der Waals surface area (Å²) in [7, 11) is 0. The smallest absolute Gasteiger partial charge is 0.338 e. The Bertz CT molecular complexity index is 378. The van der Waals surface area contributed by atoms with E-state index in [1.54, 1.807) is 0 Å². The molecule has 0 unspecified atom stereocenters. The summed E-state index contributed by atoms with van der Waals surface area (Å²) in [6.45, 7) is 0. The van der Waals surface area contributed by atoms with Crippen molar-refractivity contribution in [2.75, 3.05) is 0 Å². The topological polar surface area (TPSA) is 37.3 Å². The molecule has 0 aromatic heterocycles. The van der Waals surface area contributed by atoms with E-state index in [2.05, 4.69) is 15.9 Å². The van der Waals surface area contributed by atoms with Crippen molar-refractivity contribution >= 4 is 56.7 Å². The fourth-order valence-corrected chi connectivity index (χ4v) is 2.00. The highest BCUT2D eigenvalue weighted by molar-refractivity contribution is 9.10. The lowest BCUT2D eigenvalue weighted by atomic mass is 10.2. The van der Waals surface area contributed by atoms with Gasteiger partial charge in [-0.25, -0.2) is 4.79 Å². The van der Waals surface area contributed by atoms with E-state index in [4.69, 9.17) is 39.9 Å². The largest absolute Gasteiger partial charge is 0.478 e. The third kappa shape index (κ3) is 2.10. The van der Waals surface area contributed by atoms with Gasteiger partial charge in [0, 0.05) is 0 Å². The first-order valence-corrected chi connectivity index (χ1v) is 4.94. The number of benzene rings is 1. The maximum Gasteiger partial charge on any atom is 0.338 e. The number of carboxylic acid groups (broad SMARTS) is 1. The molecular formula is C7H2BrCl3O2. The van der Waals surface area contributed by atoms with Gasteiger partial charge in [-0.15, -0.1) is 0 Å². The first-order chi connectivity index (χ1) is 5.95. The van der Waals surface area contributed by atoms with Crippen LogP contribution in [0.1, 0.15) is 10.4 Å². The molecule has 0 aliphatic rings. The van der Waals surface area contributed by atoms with Gasteiger partial charge < -0.3 is 5.11 Å². The first kappa shape index (κ1) is 11.1. The molecule has 6 heteroatoms. The standard InChI is InChI=1S/C7H2BrCl3O2/c8-5-3(10)1-2(9)4(6(5)11)7(12)13/h1H,(H,12,13). The lowest BCUT2D eigenvalue weighted by molar-refractivity contribution is 0.0697. The Hall–Kier alpha value is 0.0400. The summed E-state index contributed by atoms with van der Waals surface area (Å²) in [6, 6.07) is 1.32. The van der Waals surface area contributed by atoms with Crippen LogP contribution in [0.2, 0.25) is 15.1 Å². The molecule has 1 rings (SSSR count). The minimum atomic E-state index is -1.19. The number of carbonyl (C=O) groups is 1. The third-order valence-corrected chi connectivity index (χ3v) is 3.58. The summed E-state index contributed by atoms with van der Waals surface area (Å²) in [4.78, 5) is 10.7. The zero-order valence-corrected chi connectivity index (χ0v) is 9.80. The van der Waals surface area contributed by atoms with E-state index < -0.39 is 5.97 Å². The highest BCUT2D eigenvalue weighted by Crippen LogP contribution is 2.37. The number of halogens is 4. The van der Waals surface area contributed by atoms with Crippen LogP contribution in [0, 0.1) is 0 Å². The monoisotopic (exact) mass is 302 g/mol. The average molecular weight is 304 g/mol. The van der Waals surface area contributed by atoms with E-state index in [-0.39, 0.29) is 20.6 Å². The van der Waals surface area contributed by atoms with Crippen LogP contribution in [0.4, 0.5) is 0 Å². The Morgan fingerprint density at radius 2 is 1.85 bits per heavy atom. The molecule has 1 N–H and O–H groups in total. The molecule has 0 bridgehead atoms. The van der Waals surface area contributed by atoms with Gasteiger partial charge in [-0.3, -0.25) is 0 Å². The van der Waals surface area contributed by atoms with Crippen molar-refractivity contribution in [1.29, 1.82) is 0 Å². The van der Waals surface area contributed by atoms with E-state index in [1.165, 1.54) is 6.07 Å². The van der Waals surface area contributed by atoms with Crippen molar-refractivity contribution in [3.63, 3.8) is 0 Å². The van der Waals surface area contributed by atoms with Crippen molar-refractivity contribution in [1.82, 2.24) is 0 Å². The van der Waals surface area contributed by atoms with Gasteiger partial charge in [-0.1, -0.05) is 34.8 Å². The van der Waals surface area contributed by atoms with Crippen molar-refractivity contribution in [2.24, 2.45) is 0 Å². The SMILES string of the molecule is O=C(O)c1c(Cl)cc(Cl)c(Br)c1Cl. The van der Waals surface area contributed by atoms with Crippen LogP contribution >= 0.6 is 50.7 Å². The third-order valence-electron chi connectivity index (χ3n) is 1.33. The van der Waals surface area contributed by atoms with E-state index in [0.717, 1.165) is 0 Å². The molecule has 0 aliphatic heterocycles. The molecule has 0 spiro atoms. The molecule has 1 aromatic carbocycles. The molecule has 0 aliphatic carbocycles. The van der Waals surface area contributed by atoms with E-state index in [1.807, 2.05) is 0 Å². The van der Waals surface area contributed by atoms with Gasteiger partial charge in [0.2, 0.25) is 0 Å². The highest BCUT2D eigenvalue weighted by atomic mass is 79.9. The molecule has 13 heavy (non-hydrogen) atoms. The van der Waals surface area contributed by atoms with E-state index in [9.17, 15) is 4.79 Å². The maximum atomic E-state index is 10.7. The molecule has 0 amide bonds. The molecule has 0 fully saturated rings. The molecule has 0 saturated heterocycles. The Labute approximate surface area is 97.5 Å². The predicted octanol–water partition coefficient (Wildman–Crippen LogP) is 4.11. The Morgan fingerprint density at radius 3 is 2.31 bits per heavy atom. The van der Waals surface area contributed by atoms with Crippen LogP contribution in [0.15, 0.2) is 10.5 Å². The van der Waals surface area contributed by atoms with Crippen molar-refractivity contribution in [3.05, 3.63) is 31.2 Å². The Morgan fingerprint density at radius 1 is 1.31 bits per heavy atom. The number of rotatable bonds is 1. The summed E-state index contributed by atoms with van der Waals surface area (Å²) < 4.78 is 0.331. The molecule has 2 nitrogen and oxygen atoms in total. The number of carboxylic acids is 1. The summed E-state index contributed by atoms with van der Waals surface area (Å²) in [5, 5.41) is 9.03. The van der Waals surface area contributed by atoms with Gasteiger partial charge in [-0.2, -0.15) is 0 Å². The maximum absolute atomic E-state index is 10.7. The quantitative estimate of drug-likeness (QED) is 0.626. The lowest BCUT2D eigenvalue weighted by Gasteiger charge is -2.05. The van der Waals surface area contributed by atoms with Gasteiger partial charge >= 0.3 is 5.97 Å². The van der Waals surface area contributed by atoms with Gasteiger partial charge in [0.05, 0.1) is 25.1 Å². The number of hydrogen-bond acceptors (Lipinski definition) is 1. The van der Waals surface area contributed by atoms with E-state index in [0.29, 0.717) is 4.47 Å². The van der Waals surface area contributed by atoms with Gasteiger partial charge in [0.25, 0.3) is 0 Å². The summed E-state index contributed by atoms with van der Waals surface area (Å²) >= 11 is 20.1. The van der Waals surface area contributed by atoms with Gasteiger partial charge in [0.1, 0.15) is 0 Å². The van der Waals surface area contributed by atoms with Crippen LogP contribution in [-0.4, -0.2) is 11.1 Å². The second-order valence-electron chi connectivity index (χ2n) is 2.15. The second kappa shape index (κ2) is 4.05. The normalized spacial score (nSPS) is 10.2. The first-order valence-electron chi connectivity index (χ1n) is 3.01. The van der Waals surface area contributed by atoms with Crippen LogP contribution in [-0.2, 0) is 0 Å². The summed E-state index contributed by atoms with van der Waals surface area (Å²) in [5.41, 5.74) is -0.153. The van der Waals surface area contributed by atoms with Crippen LogP contribution in [0.25, 0.3) is 0 Å². The molecule has 0 atom stereocenters. The van der Waals surface area contributed by atoms with Crippen molar-refractivity contribution in [3.8, 4) is 0 Å². The minimum Gasteiger partial charge on any atom is -0.478 e. The molecule has 0 saturated carbocycles. The van der Waals surface area contributed by atoms with Crippen LogP contribution in [0.3, 0.4) is 0 Å². The van der Waals surface area contributed by atoms with Gasteiger partial charge in [0.15, 0.2) is 0 Å². The highest BCUT2D eigenvalue weighted by Gasteiger charge is 2.18. The second-order valence-corrected chi connectivity index (χ2v) is 4.13. The summed E-state index contributed by atoms with van der Waals surface area (Å²) in [6.07, 6.45) is 0. The average Bonchev–Trinajstić information content (AvgIpc) is 1.99. The summed E-state index contributed by atoms with van der Waals surface area (Å²) in [5.74, 6) is -1.19. The lowest BCUT2D eigenvalue weighted by Crippen LogP contribution is -1.99. The molecule has 1 aromatic rings. The molecule has 0 heterocycles.